The van der Waals surface area contributed by atoms with Gasteiger partial charge in [0.25, 0.3) is 5.56 Å². The molecule has 6 heteroatoms. The molecule has 0 radical (unpaired) electrons. The molecule has 0 aliphatic heterocycles. The molecule has 1 aromatic heterocycles. The second-order valence-corrected chi connectivity index (χ2v) is 8.41. The fourth-order valence-corrected chi connectivity index (χ4v) is 3.91. The molecule has 0 spiro atoms. The van der Waals surface area contributed by atoms with E-state index < -0.39 is 0 Å². The molecule has 0 aliphatic carbocycles. The van der Waals surface area contributed by atoms with Crippen LogP contribution in [0.3, 0.4) is 0 Å². The molecule has 3 aromatic carbocycles. The third-order valence-corrected chi connectivity index (χ3v) is 5.92. The Bertz CT molecular complexity index is 1430. The smallest absolute Gasteiger partial charge is 0.282 e. The van der Waals surface area contributed by atoms with Crippen molar-refractivity contribution in [1.82, 2.24) is 9.66 Å². The number of benzene rings is 3. The summed E-state index contributed by atoms with van der Waals surface area (Å²) in [7, 11) is 0. The molecule has 4 aromatic rings. The first-order valence-corrected chi connectivity index (χ1v) is 11.2. The summed E-state index contributed by atoms with van der Waals surface area (Å²) in [6, 6.07) is 17.3. The predicted molar refractivity (Wildman–Crippen MR) is 134 cm³/mol. The number of hydrogen-bond donors (Lipinski definition) is 0. The van der Waals surface area contributed by atoms with Gasteiger partial charge in [-0.1, -0.05) is 66.0 Å². The van der Waals surface area contributed by atoms with Crippen LogP contribution in [-0.4, -0.2) is 22.5 Å². The van der Waals surface area contributed by atoms with Gasteiger partial charge in [0.15, 0.2) is 0 Å². The molecule has 0 unspecified atom stereocenters. The van der Waals surface area contributed by atoms with Crippen LogP contribution in [0.5, 0.6) is 5.75 Å². The first-order valence-electron chi connectivity index (χ1n) is 10.4. The third-order valence-electron chi connectivity index (χ3n) is 5.43. The van der Waals surface area contributed by atoms with E-state index in [2.05, 4.69) is 33.9 Å². The topological polar surface area (TPSA) is 56.5 Å². The first-order chi connectivity index (χ1) is 15.5. The SMILES string of the molecule is C#CCOc1ccc2ccccc2c1C=Nn1c([C@H](C)CC)nc2ccc(Br)cc2c1=O. The second kappa shape index (κ2) is 9.37. The van der Waals surface area contributed by atoms with Crippen molar-refractivity contribution >= 4 is 43.8 Å². The number of aromatic nitrogens is 2. The highest BCUT2D eigenvalue weighted by Gasteiger charge is 2.16. The fourth-order valence-electron chi connectivity index (χ4n) is 3.55. The Balaban J connectivity index is 1.94. The van der Waals surface area contributed by atoms with Crippen molar-refractivity contribution in [1.29, 1.82) is 0 Å². The fraction of sp³-hybridized carbons (Fsp3) is 0.192. The average molecular weight is 488 g/mol. The molecule has 0 amide bonds. The molecule has 160 valence electrons. The van der Waals surface area contributed by atoms with Gasteiger partial charge in [-0.25, -0.2) is 4.98 Å². The predicted octanol–water partition coefficient (Wildman–Crippen LogP) is 5.72. The zero-order chi connectivity index (χ0) is 22.7. The van der Waals surface area contributed by atoms with E-state index in [9.17, 15) is 4.79 Å². The summed E-state index contributed by atoms with van der Waals surface area (Å²) >= 11 is 3.44. The zero-order valence-corrected chi connectivity index (χ0v) is 19.5. The highest BCUT2D eigenvalue weighted by Crippen LogP contribution is 2.27. The molecule has 0 aliphatic rings. The van der Waals surface area contributed by atoms with Crippen LogP contribution < -0.4 is 10.3 Å². The lowest BCUT2D eigenvalue weighted by Gasteiger charge is -2.14. The summed E-state index contributed by atoms with van der Waals surface area (Å²) in [6.45, 7) is 4.24. The van der Waals surface area contributed by atoms with Crippen molar-refractivity contribution in [3.05, 3.63) is 80.8 Å². The standard InChI is InChI=1S/C26H22BrN3O2/c1-4-14-32-24-13-10-18-8-6-7-9-20(18)22(24)16-28-30-25(17(3)5-2)29-23-12-11-19(27)15-21(23)26(30)31/h1,6-13,15-17H,5,14H2,2-3H3/t17-/m1/s1. The van der Waals surface area contributed by atoms with Crippen molar-refractivity contribution in [2.45, 2.75) is 26.2 Å². The van der Waals surface area contributed by atoms with Crippen LogP contribution >= 0.6 is 15.9 Å². The Morgan fingerprint density at radius 3 is 2.81 bits per heavy atom. The number of rotatable bonds is 6. The molecule has 0 saturated carbocycles. The molecular formula is C26H22BrN3O2. The maximum absolute atomic E-state index is 13.4. The summed E-state index contributed by atoms with van der Waals surface area (Å²) < 4.78 is 7.97. The summed E-state index contributed by atoms with van der Waals surface area (Å²) in [5, 5.41) is 7.12. The Morgan fingerprint density at radius 2 is 2.03 bits per heavy atom. The maximum atomic E-state index is 13.4. The molecule has 0 fully saturated rings. The van der Waals surface area contributed by atoms with Gasteiger partial charge in [0.05, 0.1) is 17.1 Å². The highest BCUT2D eigenvalue weighted by atomic mass is 79.9. The van der Waals surface area contributed by atoms with Crippen molar-refractivity contribution < 1.29 is 4.74 Å². The van der Waals surface area contributed by atoms with E-state index in [1.165, 1.54) is 4.68 Å². The summed E-state index contributed by atoms with van der Waals surface area (Å²) in [5.74, 6) is 3.78. The molecule has 4 rings (SSSR count). The van der Waals surface area contributed by atoms with Gasteiger partial charge in [-0.2, -0.15) is 9.78 Å². The zero-order valence-electron chi connectivity index (χ0n) is 17.9. The van der Waals surface area contributed by atoms with Crippen LogP contribution in [-0.2, 0) is 0 Å². The van der Waals surface area contributed by atoms with E-state index >= 15 is 0 Å². The lowest BCUT2D eigenvalue weighted by molar-refractivity contribution is 0.370. The van der Waals surface area contributed by atoms with Crippen LogP contribution in [0, 0.1) is 12.3 Å². The molecule has 0 bridgehead atoms. The van der Waals surface area contributed by atoms with E-state index in [1.54, 1.807) is 12.3 Å². The first kappa shape index (κ1) is 21.8. The number of fused-ring (bicyclic) bond motifs is 2. The van der Waals surface area contributed by atoms with Crippen LogP contribution in [0.4, 0.5) is 0 Å². The number of ether oxygens (including phenoxy) is 1. The maximum Gasteiger partial charge on any atom is 0.282 e. The Labute approximate surface area is 194 Å². The van der Waals surface area contributed by atoms with Gasteiger partial charge in [0.1, 0.15) is 18.2 Å². The van der Waals surface area contributed by atoms with Gasteiger partial charge in [0.2, 0.25) is 0 Å². The number of nitrogens with zero attached hydrogens (tertiary/aromatic N) is 3. The van der Waals surface area contributed by atoms with Gasteiger partial charge in [-0.3, -0.25) is 4.79 Å². The minimum absolute atomic E-state index is 0.0533. The Hall–Kier alpha value is -3.43. The van der Waals surface area contributed by atoms with Crippen LogP contribution in [0.25, 0.3) is 21.7 Å². The molecule has 32 heavy (non-hydrogen) atoms. The Morgan fingerprint density at radius 1 is 1.22 bits per heavy atom. The lowest BCUT2D eigenvalue weighted by atomic mass is 10.0. The largest absolute Gasteiger partial charge is 0.480 e. The molecule has 0 saturated heterocycles. The van der Waals surface area contributed by atoms with Gasteiger partial charge >= 0.3 is 0 Å². The third kappa shape index (κ3) is 4.17. The number of halogens is 1. The van der Waals surface area contributed by atoms with Gasteiger partial charge in [-0.15, -0.1) is 6.42 Å². The minimum atomic E-state index is -0.214. The molecule has 0 N–H and O–H groups in total. The quantitative estimate of drug-likeness (QED) is 0.258. The highest BCUT2D eigenvalue weighted by molar-refractivity contribution is 9.10. The molecule has 1 heterocycles. The van der Waals surface area contributed by atoms with Crippen LogP contribution in [0.15, 0.2) is 69.0 Å². The van der Waals surface area contributed by atoms with Gasteiger partial charge in [-0.05, 0) is 41.5 Å². The van der Waals surface area contributed by atoms with E-state index in [1.807, 2.05) is 55.5 Å². The van der Waals surface area contributed by atoms with E-state index in [4.69, 9.17) is 16.1 Å². The van der Waals surface area contributed by atoms with Crippen molar-refractivity contribution in [2.75, 3.05) is 6.61 Å². The van der Waals surface area contributed by atoms with Gasteiger partial charge < -0.3 is 4.74 Å². The lowest BCUT2D eigenvalue weighted by Crippen LogP contribution is -2.23. The molecular weight excluding hydrogens is 466 g/mol. The number of terminal acetylenes is 1. The second-order valence-electron chi connectivity index (χ2n) is 7.49. The molecule has 1 atom stereocenters. The van der Waals surface area contributed by atoms with Gasteiger partial charge in [0, 0.05) is 16.0 Å². The van der Waals surface area contributed by atoms with E-state index in [-0.39, 0.29) is 18.1 Å². The summed E-state index contributed by atoms with van der Waals surface area (Å²) in [6.07, 6.45) is 7.88. The summed E-state index contributed by atoms with van der Waals surface area (Å²) in [5.41, 5.74) is 1.20. The molecule has 5 nitrogen and oxygen atoms in total. The minimum Gasteiger partial charge on any atom is -0.480 e. The van der Waals surface area contributed by atoms with Crippen LogP contribution in [0.2, 0.25) is 0 Å². The normalized spacial score (nSPS) is 12.3. The van der Waals surface area contributed by atoms with Crippen LogP contribution in [0.1, 0.15) is 37.6 Å². The number of hydrogen-bond acceptors (Lipinski definition) is 4. The van der Waals surface area contributed by atoms with Crippen molar-refractivity contribution in [3.63, 3.8) is 0 Å². The summed E-state index contributed by atoms with van der Waals surface area (Å²) in [4.78, 5) is 18.2. The Kier molecular flexibility index (Phi) is 6.38. The van der Waals surface area contributed by atoms with Crippen molar-refractivity contribution in [2.24, 2.45) is 5.10 Å². The average Bonchev–Trinajstić information content (AvgIpc) is 2.82. The van der Waals surface area contributed by atoms with E-state index in [0.29, 0.717) is 22.5 Å². The van der Waals surface area contributed by atoms with Crippen molar-refractivity contribution in [3.8, 4) is 18.1 Å². The monoisotopic (exact) mass is 487 g/mol. The van der Waals surface area contributed by atoms with E-state index in [0.717, 1.165) is 27.2 Å².